The predicted octanol–water partition coefficient (Wildman–Crippen LogP) is 2.68. The molecule has 1 fully saturated rings. The van der Waals surface area contributed by atoms with Gasteiger partial charge in [0.15, 0.2) is 11.5 Å². The van der Waals surface area contributed by atoms with E-state index in [2.05, 4.69) is 28.2 Å². The molecule has 5 nitrogen and oxygen atoms in total. The third-order valence-electron chi connectivity index (χ3n) is 3.69. The molecular weight excluding hydrogens is 348 g/mol. The molecule has 2 rings (SSSR count). The maximum Gasteiger partial charge on any atom is 0.254 e. The van der Waals surface area contributed by atoms with Crippen molar-refractivity contribution in [2.45, 2.75) is 26.3 Å². The number of carbonyl (C=O) groups excluding carboxylic acids is 1. The average Bonchev–Trinajstić information content (AvgIpc) is 2.53. The molecule has 0 aromatic heterocycles. The minimum absolute atomic E-state index is 0.0232. The van der Waals surface area contributed by atoms with Crippen molar-refractivity contribution in [2.24, 2.45) is 0 Å². The van der Waals surface area contributed by atoms with Crippen LogP contribution < -0.4 is 14.8 Å². The van der Waals surface area contributed by atoms with Gasteiger partial charge in [-0.05, 0) is 41.4 Å². The van der Waals surface area contributed by atoms with Crippen molar-refractivity contribution >= 4 is 21.8 Å². The minimum atomic E-state index is 0.0232. The fourth-order valence-electron chi connectivity index (χ4n) is 2.50. The Kier molecular flexibility index (Phi) is 6.08. The van der Waals surface area contributed by atoms with Crippen LogP contribution in [-0.4, -0.2) is 50.2 Å². The van der Waals surface area contributed by atoms with E-state index in [1.165, 1.54) is 0 Å². The molecule has 1 saturated heterocycles. The van der Waals surface area contributed by atoms with Gasteiger partial charge in [0, 0.05) is 31.2 Å². The molecule has 1 aliphatic heterocycles. The van der Waals surface area contributed by atoms with Crippen LogP contribution in [0.5, 0.6) is 11.5 Å². The summed E-state index contributed by atoms with van der Waals surface area (Å²) in [6.07, 6.45) is 0.911. The van der Waals surface area contributed by atoms with Crippen LogP contribution in [0.1, 0.15) is 30.6 Å². The molecule has 22 heavy (non-hydrogen) atoms. The SMILES string of the molecule is CCCOc1c(Br)cc(C(=O)N2CCNCC2C)cc1OC. The molecule has 0 bridgehead atoms. The smallest absolute Gasteiger partial charge is 0.254 e. The summed E-state index contributed by atoms with van der Waals surface area (Å²) in [4.78, 5) is 14.6. The van der Waals surface area contributed by atoms with Gasteiger partial charge < -0.3 is 19.7 Å². The van der Waals surface area contributed by atoms with Gasteiger partial charge in [0.05, 0.1) is 18.2 Å². The fourth-order valence-corrected chi connectivity index (χ4v) is 3.05. The van der Waals surface area contributed by atoms with Crippen LogP contribution in [0.25, 0.3) is 0 Å². The quantitative estimate of drug-likeness (QED) is 0.865. The first-order valence-corrected chi connectivity index (χ1v) is 8.39. The highest BCUT2D eigenvalue weighted by Gasteiger charge is 2.25. The predicted molar refractivity (Wildman–Crippen MR) is 89.8 cm³/mol. The molecule has 0 aliphatic carbocycles. The third-order valence-corrected chi connectivity index (χ3v) is 4.28. The van der Waals surface area contributed by atoms with Gasteiger partial charge in [0.25, 0.3) is 5.91 Å². The normalized spacial score (nSPS) is 18.2. The summed E-state index contributed by atoms with van der Waals surface area (Å²) in [6.45, 7) is 7.07. The Morgan fingerprint density at radius 2 is 2.27 bits per heavy atom. The van der Waals surface area contributed by atoms with Gasteiger partial charge in [0.1, 0.15) is 0 Å². The summed E-state index contributed by atoms with van der Waals surface area (Å²) in [5.74, 6) is 1.25. The second kappa shape index (κ2) is 7.83. The summed E-state index contributed by atoms with van der Waals surface area (Å²) in [6, 6.07) is 3.75. The first-order valence-electron chi connectivity index (χ1n) is 7.60. The summed E-state index contributed by atoms with van der Waals surface area (Å²) in [5, 5.41) is 3.29. The largest absolute Gasteiger partial charge is 0.493 e. The van der Waals surface area contributed by atoms with Gasteiger partial charge in [-0.15, -0.1) is 0 Å². The maximum absolute atomic E-state index is 12.7. The zero-order chi connectivity index (χ0) is 16.1. The number of hydrogen-bond acceptors (Lipinski definition) is 4. The third kappa shape index (κ3) is 3.73. The standard InChI is InChI=1S/C16H23BrN2O3/c1-4-7-22-15-13(17)8-12(9-14(15)21-3)16(20)19-6-5-18-10-11(19)2/h8-9,11,18H,4-7,10H2,1-3H3. The summed E-state index contributed by atoms with van der Waals surface area (Å²) in [7, 11) is 1.59. The van der Waals surface area contributed by atoms with Crippen LogP contribution >= 0.6 is 15.9 Å². The Morgan fingerprint density at radius 3 is 2.91 bits per heavy atom. The molecule has 1 N–H and O–H groups in total. The Bertz CT molecular complexity index is 536. The van der Waals surface area contributed by atoms with E-state index < -0.39 is 0 Å². The van der Waals surface area contributed by atoms with Crippen LogP contribution in [0.2, 0.25) is 0 Å². The number of piperazine rings is 1. The van der Waals surface area contributed by atoms with E-state index in [1.807, 2.05) is 17.9 Å². The lowest BCUT2D eigenvalue weighted by Crippen LogP contribution is -2.52. The molecular formula is C16H23BrN2O3. The van der Waals surface area contributed by atoms with Gasteiger partial charge >= 0.3 is 0 Å². The number of ether oxygens (including phenoxy) is 2. The van der Waals surface area contributed by atoms with Crippen LogP contribution in [0.15, 0.2) is 16.6 Å². The lowest BCUT2D eigenvalue weighted by molar-refractivity contribution is 0.0655. The van der Waals surface area contributed by atoms with Crippen LogP contribution in [0, 0.1) is 0 Å². The molecule has 1 aromatic carbocycles. The lowest BCUT2D eigenvalue weighted by Gasteiger charge is -2.34. The number of hydrogen-bond donors (Lipinski definition) is 1. The summed E-state index contributed by atoms with van der Waals surface area (Å²) in [5.41, 5.74) is 0.612. The van der Waals surface area contributed by atoms with E-state index in [0.717, 1.165) is 24.0 Å². The van der Waals surface area contributed by atoms with E-state index in [9.17, 15) is 4.79 Å². The summed E-state index contributed by atoms with van der Waals surface area (Å²) >= 11 is 3.49. The monoisotopic (exact) mass is 370 g/mol. The number of amides is 1. The zero-order valence-electron chi connectivity index (χ0n) is 13.3. The summed E-state index contributed by atoms with van der Waals surface area (Å²) < 4.78 is 11.8. The van der Waals surface area contributed by atoms with Crippen molar-refractivity contribution in [1.82, 2.24) is 10.2 Å². The number of nitrogens with zero attached hydrogens (tertiary/aromatic N) is 1. The van der Waals surface area contributed by atoms with Crippen molar-refractivity contribution in [3.8, 4) is 11.5 Å². The first-order chi connectivity index (χ1) is 10.6. The second-order valence-electron chi connectivity index (χ2n) is 5.39. The number of nitrogens with one attached hydrogen (secondary N) is 1. The average molecular weight is 371 g/mol. The van der Waals surface area contributed by atoms with E-state index in [-0.39, 0.29) is 11.9 Å². The van der Waals surface area contributed by atoms with Crippen molar-refractivity contribution in [2.75, 3.05) is 33.4 Å². The van der Waals surface area contributed by atoms with Crippen molar-refractivity contribution in [1.29, 1.82) is 0 Å². The molecule has 1 atom stereocenters. The van der Waals surface area contributed by atoms with Gasteiger partial charge in [-0.3, -0.25) is 4.79 Å². The fraction of sp³-hybridized carbons (Fsp3) is 0.562. The van der Waals surface area contributed by atoms with Crippen LogP contribution in [0.3, 0.4) is 0 Å². The molecule has 6 heteroatoms. The molecule has 1 aliphatic rings. The first kappa shape index (κ1) is 17.1. The van der Waals surface area contributed by atoms with Gasteiger partial charge in [0.2, 0.25) is 0 Å². The van der Waals surface area contributed by atoms with E-state index >= 15 is 0 Å². The Balaban J connectivity index is 2.27. The Morgan fingerprint density at radius 1 is 1.50 bits per heavy atom. The van der Waals surface area contributed by atoms with Crippen LogP contribution in [0.4, 0.5) is 0 Å². The Hall–Kier alpha value is -1.27. The van der Waals surface area contributed by atoms with Crippen molar-refractivity contribution in [3.05, 3.63) is 22.2 Å². The Labute approximate surface area is 140 Å². The van der Waals surface area contributed by atoms with Gasteiger partial charge in [-0.2, -0.15) is 0 Å². The number of carbonyl (C=O) groups is 1. The van der Waals surface area contributed by atoms with Gasteiger partial charge in [-0.1, -0.05) is 6.92 Å². The number of benzene rings is 1. The number of methoxy groups -OCH3 is 1. The van der Waals surface area contributed by atoms with Crippen molar-refractivity contribution in [3.63, 3.8) is 0 Å². The number of halogens is 1. The lowest BCUT2D eigenvalue weighted by atomic mass is 10.1. The molecule has 1 aromatic rings. The topological polar surface area (TPSA) is 50.8 Å². The highest BCUT2D eigenvalue weighted by molar-refractivity contribution is 9.10. The molecule has 122 valence electrons. The highest BCUT2D eigenvalue weighted by atomic mass is 79.9. The molecule has 0 saturated carbocycles. The van der Waals surface area contributed by atoms with Crippen molar-refractivity contribution < 1.29 is 14.3 Å². The number of rotatable bonds is 5. The van der Waals surface area contributed by atoms with E-state index in [1.54, 1.807) is 13.2 Å². The molecule has 0 radical (unpaired) electrons. The zero-order valence-corrected chi connectivity index (χ0v) is 14.9. The van der Waals surface area contributed by atoms with Gasteiger partial charge in [-0.25, -0.2) is 0 Å². The van der Waals surface area contributed by atoms with E-state index in [0.29, 0.717) is 30.2 Å². The van der Waals surface area contributed by atoms with Crippen LogP contribution in [-0.2, 0) is 0 Å². The molecule has 0 spiro atoms. The molecule has 1 amide bonds. The van der Waals surface area contributed by atoms with E-state index in [4.69, 9.17) is 9.47 Å². The minimum Gasteiger partial charge on any atom is -0.493 e. The highest BCUT2D eigenvalue weighted by Crippen LogP contribution is 2.37. The molecule has 1 unspecified atom stereocenters. The maximum atomic E-state index is 12.7. The molecule has 1 heterocycles. The second-order valence-corrected chi connectivity index (χ2v) is 6.24.